The van der Waals surface area contributed by atoms with Crippen molar-refractivity contribution in [1.82, 2.24) is 0 Å². The molecule has 0 saturated heterocycles. The number of benzene rings is 3. The molecule has 0 heterocycles. The van der Waals surface area contributed by atoms with Crippen LogP contribution in [0.1, 0.15) is 23.6 Å². The lowest BCUT2D eigenvalue weighted by Crippen LogP contribution is -2.00. The smallest absolute Gasteiger partial charge is 0.161 e. The molecule has 0 unspecified atom stereocenters. The van der Waals surface area contributed by atoms with Crippen LogP contribution in [-0.2, 0) is 6.61 Å². The van der Waals surface area contributed by atoms with Gasteiger partial charge in [0, 0.05) is 11.2 Å². The summed E-state index contributed by atoms with van der Waals surface area (Å²) >= 11 is 6.03. The van der Waals surface area contributed by atoms with Gasteiger partial charge in [-0.1, -0.05) is 41.4 Å². The maximum Gasteiger partial charge on any atom is 0.161 e. The van der Waals surface area contributed by atoms with Crippen LogP contribution in [0.2, 0.25) is 5.02 Å². The summed E-state index contributed by atoms with van der Waals surface area (Å²) in [5.41, 5.74) is 4.10. The van der Waals surface area contributed by atoms with Crippen molar-refractivity contribution < 1.29 is 9.47 Å². The Kier molecular flexibility index (Phi) is 6.50. The van der Waals surface area contributed by atoms with Crippen LogP contribution in [0.25, 0.3) is 0 Å². The number of rotatable bonds is 7. The lowest BCUT2D eigenvalue weighted by atomic mass is 10.2. The van der Waals surface area contributed by atoms with Crippen LogP contribution in [0.5, 0.6) is 11.5 Å². The van der Waals surface area contributed by atoms with Gasteiger partial charge in [-0.25, -0.2) is 0 Å². The predicted molar refractivity (Wildman–Crippen MR) is 112 cm³/mol. The van der Waals surface area contributed by atoms with Gasteiger partial charge in [-0.2, -0.15) is 0 Å². The van der Waals surface area contributed by atoms with Crippen LogP contribution in [-0.4, -0.2) is 12.8 Å². The van der Waals surface area contributed by atoms with Crippen LogP contribution in [0.4, 0.5) is 5.69 Å². The number of halogens is 1. The molecule has 0 atom stereocenters. The molecule has 4 heteroatoms. The lowest BCUT2D eigenvalue weighted by molar-refractivity contribution is 0.269. The van der Waals surface area contributed by atoms with E-state index in [0.29, 0.717) is 29.7 Å². The van der Waals surface area contributed by atoms with Crippen molar-refractivity contribution in [2.45, 2.75) is 20.5 Å². The van der Waals surface area contributed by atoms with E-state index in [1.165, 1.54) is 5.56 Å². The molecule has 0 bridgehead atoms. The van der Waals surface area contributed by atoms with Crippen LogP contribution in [0.15, 0.2) is 71.7 Å². The van der Waals surface area contributed by atoms with Gasteiger partial charge in [0.15, 0.2) is 11.5 Å². The third kappa shape index (κ3) is 5.60. The average molecular weight is 380 g/mol. The summed E-state index contributed by atoms with van der Waals surface area (Å²) < 4.78 is 11.7. The van der Waals surface area contributed by atoms with Gasteiger partial charge in [0.2, 0.25) is 0 Å². The molecule has 0 saturated carbocycles. The number of nitrogens with zero attached hydrogens (tertiary/aromatic N) is 1. The number of ether oxygens (including phenoxy) is 2. The largest absolute Gasteiger partial charge is 0.490 e. The van der Waals surface area contributed by atoms with Gasteiger partial charge >= 0.3 is 0 Å². The highest BCUT2D eigenvalue weighted by Crippen LogP contribution is 2.29. The molecule has 0 aromatic heterocycles. The predicted octanol–water partition coefficient (Wildman–Crippen LogP) is 6.38. The quantitative estimate of drug-likeness (QED) is 0.446. The number of hydrogen-bond donors (Lipinski definition) is 0. The molecule has 0 fully saturated rings. The maximum atomic E-state index is 6.03. The van der Waals surface area contributed by atoms with E-state index in [0.717, 1.165) is 16.8 Å². The average Bonchev–Trinajstić information content (AvgIpc) is 2.67. The molecular weight excluding hydrogens is 358 g/mol. The molecule has 0 aliphatic rings. The highest BCUT2D eigenvalue weighted by Gasteiger charge is 2.07. The topological polar surface area (TPSA) is 30.8 Å². The third-order valence-corrected chi connectivity index (χ3v) is 4.18. The summed E-state index contributed by atoms with van der Waals surface area (Å²) in [5.74, 6) is 1.40. The summed E-state index contributed by atoms with van der Waals surface area (Å²) in [6.45, 7) is 5.00. The molecule has 0 aliphatic heterocycles. The maximum absolute atomic E-state index is 6.03. The van der Waals surface area contributed by atoms with E-state index in [-0.39, 0.29) is 0 Å². The first-order valence-corrected chi connectivity index (χ1v) is 9.26. The summed E-state index contributed by atoms with van der Waals surface area (Å²) in [7, 11) is 0. The SMILES string of the molecule is CCOc1cc(C=Nc2ccc(C)cc2)ccc1OCc1cccc(Cl)c1. The van der Waals surface area contributed by atoms with E-state index in [9.17, 15) is 0 Å². The van der Waals surface area contributed by atoms with Gasteiger partial charge in [0.25, 0.3) is 0 Å². The monoisotopic (exact) mass is 379 g/mol. The Hall–Kier alpha value is -2.78. The molecule has 0 N–H and O–H groups in total. The van der Waals surface area contributed by atoms with Crippen molar-refractivity contribution in [2.75, 3.05) is 6.61 Å². The van der Waals surface area contributed by atoms with Crippen molar-refractivity contribution in [3.8, 4) is 11.5 Å². The minimum Gasteiger partial charge on any atom is -0.490 e. The minimum absolute atomic E-state index is 0.428. The summed E-state index contributed by atoms with van der Waals surface area (Å²) in [5, 5.41) is 0.698. The van der Waals surface area contributed by atoms with E-state index in [4.69, 9.17) is 21.1 Å². The lowest BCUT2D eigenvalue weighted by Gasteiger charge is -2.12. The molecule has 138 valence electrons. The van der Waals surface area contributed by atoms with Crippen molar-refractivity contribution in [3.63, 3.8) is 0 Å². The number of aryl methyl sites for hydroxylation is 1. The van der Waals surface area contributed by atoms with Gasteiger partial charge in [0.1, 0.15) is 6.61 Å². The Balaban J connectivity index is 1.74. The van der Waals surface area contributed by atoms with E-state index in [2.05, 4.69) is 11.9 Å². The van der Waals surface area contributed by atoms with Crippen molar-refractivity contribution in [1.29, 1.82) is 0 Å². The molecule has 0 spiro atoms. The Morgan fingerprint density at radius 3 is 2.48 bits per heavy atom. The van der Waals surface area contributed by atoms with Crippen LogP contribution in [0, 0.1) is 6.92 Å². The second-order valence-electron chi connectivity index (χ2n) is 6.15. The molecule has 3 rings (SSSR count). The molecule has 0 radical (unpaired) electrons. The molecular formula is C23H22ClNO2. The van der Waals surface area contributed by atoms with Gasteiger partial charge in [0.05, 0.1) is 12.3 Å². The Morgan fingerprint density at radius 1 is 0.926 bits per heavy atom. The zero-order valence-electron chi connectivity index (χ0n) is 15.5. The molecule has 3 nitrogen and oxygen atoms in total. The fraction of sp³-hybridized carbons (Fsp3) is 0.174. The van der Waals surface area contributed by atoms with Gasteiger partial charge < -0.3 is 9.47 Å². The first kappa shape index (κ1) is 19.0. The Labute approximate surface area is 165 Å². The standard InChI is InChI=1S/C23H22ClNO2/c1-3-26-23-14-18(15-25-21-10-7-17(2)8-11-21)9-12-22(23)27-16-19-5-4-6-20(24)13-19/h4-15H,3,16H2,1-2H3. The highest BCUT2D eigenvalue weighted by molar-refractivity contribution is 6.30. The highest BCUT2D eigenvalue weighted by atomic mass is 35.5. The Bertz CT molecular complexity index is 920. The van der Waals surface area contributed by atoms with Crippen LogP contribution < -0.4 is 9.47 Å². The van der Waals surface area contributed by atoms with E-state index in [1.807, 2.05) is 79.9 Å². The van der Waals surface area contributed by atoms with Gasteiger partial charge in [-0.05, 0) is 67.4 Å². The fourth-order valence-electron chi connectivity index (χ4n) is 2.56. The summed E-state index contributed by atoms with van der Waals surface area (Å²) in [4.78, 5) is 4.52. The Morgan fingerprint density at radius 2 is 1.74 bits per heavy atom. The summed E-state index contributed by atoms with van der Waals surface area (Å²) in [6, 6.07) is 21.5. The fourth-order valence-corrected chi connectivity index (χ4v) is 2.77. The van der Waals surface area contributed by atoms with Crippen molar-refractivity contribution in [2.24, 2.45) is 4.99 Å². The van der Waals surface area contributed by atoms with E-state index < -0.39 is 0 Å². The molecule has 0 aliphatic carbocycles. The van der Waals surface area contributed by atoms with Crippen molar-refractivity contribution in [3.05, 3.63) is 88.4 Å². The van der Waals surface area contributed by atoms with Crippen LogP contribution in [0.3, 0.4) is 0 Å². The summed E-state index contributed by atoms with van der Waals surface area (Å²) in [6.07, 6.45) is 1.83. The van der Waals surface area contributed by atoms with Gasteiger partial charge in [-0.15, -0.1) is 0 Å². The van der Waals surface area contributed by atoms with E-state index in [1.54, 1.807) is 0 Å². The first-order valence-electron chi connectivity index (χ1n) is 8.89. The molecule has 3 aromatic carbocycles. The van der Waals surface area contributed by atoms with Crippen LogP contribution >= 0.6 is 11.6 Å². The zero-order chi connectivity index (χ0) is 19.1. The number of aliphatic imine (C=N–C) groups is 1. The van der Waals surface area contributed by atoms with Gasteiger partial charge in [-0.3, -0.25) is 4.99 Å². The normalized spacial score (nSPS) is 10.9. The zero-order valence-corrected chi connectivity index (χ0v) is 16.2. The van der Waals surface area contributed by atoms with Crippen molar-refractivity contribution >= 4 is 23.5 Å². The number of hydrogen-bond acceptors (Lipinski definition) is 3. The molecule has 3 aromatic rings. The molecule has 27 heavy (non-hydrogen) atoms. The third-order valence-electron chi connectivity index (χ3n) is 3.95. The minimum atomic E-state index is 0.428. The first-order chi connectivity index (χ1) is 13.1. The second kappa shape index (κ2) is 9.24. The molecule has 0 amide bonds. The van der Waals surface area contributed by atoms with E-state index >= 15 is 0 Å². The second-order valence-corrected chi connectivity index (χ2v) is 6.59.